The maximum Gasteiger partial charge on any atom is 0.264 e. The third-order valence-corrected chi connectivity index (χ3v) is 7.12. The van der Waals surface area contributed by atoms with Gasteiger partial charge in [0.2, 0.25) is 0 Å². The summed E-state index contributed by atoms with van der Waals surface area (Å²) in [7, 11) is 0. The number of rotatable bonds is 7. The highest BCUT2D eigenvalue weighted by molar-refractivity contribution is 7.12. The Labute approximate surface area is 173 Å². The average Bonchev–Trinajstić information content (AvgIpc) is 3.22. The van der Waals surface area contributed by atoms with E-state index >= 15 is 0 Å². The van der Waals surface area contributed by atoms with Crippen LogP contribution in [0, 0.1) is 0 Å². The van der Waals surface area contributed by atoms with Gasteiger partial charge >= 0.3 is 0 Å². The molecule has 2 unspecified atom stereocenters. The standard InChI is InChI=1S/C24H33NO2S/c1-5-24(4,19-10-7-6-8-11-19)14-15-25(22(26)21-12-9-17-28-21)20-13-16-27-23(2,3)18-20/h6-12,17,20H,5,13-16,18H2,1-4H3. The number of carbonyl (C=O) groups excluding carboxylic acids is 1. The van der Waals surface area contributed by atoms with Gasteiger partial charge in [-0.1, -0.05) is 50.2 Å². The van der Waals surface area contributed by atoms with Crippen molar-refractivity contribution in [2.24, 2.45) is 0 Å². The number of nitrogens with zero attached hydrogens (tertiary/aromatic N) is 1. The summed E-state index contributed by atoms with van der Waals surface area (Å²) in [6, 6.07) is 14.9. The first-order chi connectivity index (χ1) is 13.3. The zero-order valence-corrected chi connectivity index (χ0v) is 18.4. The van der Waals surface area contributed by atoms with E-state index in [1.807, 2.05) is 17.5 Å². The van der Waals surface area contributed by atoms with Gasteiger partial charge < -0.3 is 9.64 Å². The second kappa shape index (κ2) is 8.79. The minimum Gasteiger partial charge on any atom is -0.375 e. The molecule has 1 fully saturated rings. The molecule has 2 heterocycles. The SMILES string of the molecule is CCC(C)(CCN(C(=O)c1cccs1)C1CCOC(C)(C)C1)c1ccccc1. The molecule has 1 saturated heterocycles. The quantitative estimate of drug-likeness (QED) is 0.579. The maximum absolute atomic E-state index is 13.4. The van der Waals surface area contributed by atoms with Gasteiger partial charge in [0.1, 0.15) is 0 Å². The molecule has 152 valence electrons. The first-order valence-corrected chi connectivity index (χ1v) is 11.3. The van der Waals surface area contributed by atoms with Gasteiger partial charge in [0, 0.05) is 19.2 Å². The number of thiophene rings is 1. The van der Waals surface area contributed by atoms with Gasteiger partial charge in [0.15, 0.2) is 0 Å². The lowest BCUT2D eigenvalue weighted by molar-refractivity contribution is -0.0786. The van der Waals surface area contributed by atoms with Crippen molar-refractivity contribution in [1.82, 2.24) is 4.90 Å². The van der Waals surface area contributed by atoms with Crippen LogP contribution in [0.3, 0.4) is 0 Å². The molecule has 1 aromatic carbocycles. The Balaban J connectivity index is 1.81. The molecule has 0 aliphatic carbocycles. The summed E-state index contributed by atoms with van der Waals surface area (Å²) in [5.41, 5.74) is 1.24. The second-order valence-electron chi connectivity index (χ2n) is 8.76. The van der Waals surface area contributed by atoms with Gasteiger partial charge in [0.05, 0.1) is 10.5 Å². The van der Waals surface area contributed by atoms with E-state index in [2.05, 4.69) is 62.9 Å². The number of benzene rings is 1. The van der Waals surface area contributed by atoms with Crippen molar-refractivity contribution in [2.45, 2.75) is 70.4 Å². The smallest absolute Gasteiger partial charge is 0.264 e. The molecule has 3 rings (SSSR count). The summed E-state index contributed by atoms with van der Waals surface area (Å²) in [4.78, 5) is 16.3. The number of hydrogen-bond donors (Lipinski definition) is 0. The van der Waals surface area contributed by atoms with Crippen molar-refractivity contribution >= 4 is 17.2 Å². The molecule has 0 N–H and O–H groups in total. The zero-order chi connectivity index (χ0) is 20.2. The molecule has 1 aliphatic rings. The molecular weight excluding hydrogens is 366 g/mol. The summed E-state index contributed by atoms with van der Waals surface area (Å²) < 4.78 is 5.92. The molecule has 0 saturated carbocycles. The van der Waals surface area contributed by atoms with Crippen molar-refractivity contribution < 1.29 is 9.53 Å². The van der Waals surface area contributed by atoms with E-state index in [1.165, 1.54) is 16.9 Å². The third-order valence-electron chi connectivity index (χ3n) is 6.26. The Hall–Kier alpha value is -1.65. The molecule has 1 amide bonds. The zero-order valence-electron chi connectivity index (χ0n) is 17.6. The topological polar surface area (TPSA) is 29.5 Å². The Morgan fingerprint density at radius 1 is 1.25 bits per heavy atom. The van der Waals surface area contributed by atoms with E-state index in [1.54, 1.807) is 0 Å². The fourth-order valence-corrected chi connectivity index (χ4v) is 4.87. The molecule has 1 aromatic heterocycles. The molecule has 2 atom stereocenters. The Morgan fingerprint density at radius 2 is 2.00 bits per heavy atom. The average molecular weight is 400 g/mol. The van der Waals surface area contributed by atoms with Crippen LogP contribution in [0.4, 0.5) is 0 Å². The minimum atomic E-state index is -0.176. The van der Waals surface area contributed by atoms with Crippen LogP contribution in [0.2, 0.25) is 0 Å². The van der Waals surface area contributed by atoms with E-state index < -0.39 is 0 Å². The third kappa shape index (κ3) is 4.84. The van der Waals surface area contributed by atoms with E-state index in [-0.39, 0.29) is 23.0 Å². The van der Waals surface area contributed by atoms with Crippen molar-refractivity contribution in [2.75, 3.05) is 13.2 Å². The summed E-state index contributed by atoms with van der Waals surface area (Å²) in [5.74, 6) is 0.171. The Bertz CT molecular complexity index is 756. The fourth-order valence-electron chi connectivity index (χ4n) is 4.19. The summed E-state index contributed by atoms with van der Waals surface area (Å²) in [6.07, 6.45) is 3.81. The van der Waals surface area contributed by atoms with Crippen LogP contribution in [-0.2, 0) is 10.2 Å². The van der Waals surface area contributed by atoms with Gasteiger partial charge in [-0.25, -0.2) is 0 Å². The van der Waals surface area contributed by atoms with Gasteiger partial charge in [-0.3, -0.25) is 4.79 Å². The normalized spacial score (nSPS) is 21.1. The van der Waals surface area contributed by atoms with E-state index in [0.29, 0.717) is 0 Å². The molecule has 0 radical (unpaired) electrons. The Morgan fingerprint density at radius 3 is 2.61 bits per heavy atom. The fraction of sp³-hybridized carbons (Fsp3) is 0.542. The minimum absolute atomic E-state index is 0.0654. The highest BCUT2D eigenvalue weighted by Gasteiger charge is 2.36. The molecule has 4 heteroatoms. The van der Waals surface area contributed by atoms with Gasteiger partial charge in [0.25, 0.3) is 5.91 Å². The predicted molar refractivity (Wildman–Crippen MR) is 117 cm³/mol. The molecule has 2 aromatic rings. The predicted octanol–water partition coefficient (Wildman–Crippen LogP) is 5.91. The van der Waals surface area contributed by atoms with Crippen LogP contribution in [0.1, 0.15) is 68.6 Å². The lowest BCUT2D eigenvalue weighted by Crippen LogP contribution is -2.49. The van der Waals surface area contributed by atoms with Crippen molar-refractivity contribution in [1.29, 1.82) is 0 Å². The number of carbonyl (C=O) groups is 1. The van der Waals surface area contributed by atoms with E-state index in [9.17, 15) is 4.79 Å². The molecule has 3 nitrogen and oxygen atoms in total. The highest BCUT2D eigenvalue weighted by Crippen LogP contribution is 2.34. The number of amides is 1. The summed E-state index contributed by atoms with van der Waals surface area (Å²) >= 11 is 1.54. The largest absolute Gasteiger partial charge is 0.375 e. The first kappa shape index (κ1) is 21.1. The maximum atomic E-state index is 13.4. The van der Waals surface area contributed by atoms with E-state index in [4.69, 9.17) is 4.74 Å². The van der Waals surface area contributed by atoms with Gasteiger partial charge in [-0.2, -0.15) is 0 Å². The van der Waals surface area contributed by atoms with Crippen LogP contribution in [0.5, 0.6) is 0 Å². The van der Waals surface area contributed by atoms with Crippen LogP contribution in [0.25, 0.3) is 0 Å². The van der Waals surface area contributed by atoms with Crippen molar-refractivity contribution in [3.05, 3.63) is 58.3 Å². The summed E-state index contributed by atoms with van der Waals surface area (Å²) in [5, 5.41) is 1.99. The van der Waals surface area contributed by atoms with Crippen molar-refractivity contribution in [3.8, 4) is 0 Å². The molecule has 0 spiro atoms. The monoisotopic (exact) mass is 399 g/mol. The van der Waals surface area contributed by atoms with Crippen molar-refractivity contribution in [3.63, 3.8) is 0 Å². The first-order valence-electron chi connectivity index (χ1n) is 10.4. The van der Waals surface area contributed by atoms with Gasteiger partial charge in [-0.05, 0) is 62.0 Å². The Kier molecular flexibility index (Phi) is 6.61. The highest BCUT2D eigenvalue weighted by atomic mass is 32.1. The van der Waals surface area contributed by atoms with Gasteiger partial charge in [-0.15, -0.1) is 11.3 Å². The van der Waals surface area contributed by atoms with Crippen LogP contribution in [-0.4, -0.2) is 35.6 Å². The lowest BCUT2D eigenvalue weighted by atomic mass is 9.77. The molecule has 0 bridgehead atoms. The second-order valence-corrected chi connectivity index (χ2v) is 9.71. The summed E-state index contributed by atoms with van der Waals surface area (Å²) in [6.45, 7) is 10.3. The lowest BCUT2D eigenvalue weighted by Gasteiger charge is -2.42. The number of hydrogen-bond acceptors (Lipinski definition) is 3. The van der Waals surface area contributed by atoms with Crippen LogP contribution in [0.15, 0.2) is 47.8 Å². The van der Waals surface area contributed by atoms with Crippen LogP contribution < -0.4 is 0 Å². The molecule has 1 aliphatic heterocycles. The van der Waals surface area contributed by atoms with E-state index in [0.717, 1.165) is 43.7 Å². The number of ether oxygens (including phenoxy) is 1. The molecular formula is C24H33NO2S. The van der Waals surface area contributed by atoms with Crippen LogP contribution >= 0.6 is 11.3 Å². The molecule has 28 heavy (non-hydrogen) atoms.